The third kappa shape index (κ3) is 5.02. The minimum absolute atomic E-state index is 0.0898. The Bertz CT molecular complexity index is 1290. The van der Waals surface area contributed by atoms with Gasteiger partial charge in [0.05, 0.1) is 11.8 Å². The maximum absolute atomic E-state index is 13.9. The van der Waals surface area contributed by atoms with Crippen molar-refractivity contribution in [1.29, 1.82) is 0 Å². The zero-order valence-corrected chi connectivity index (χ0v) is 20.8. The predicted molar refractivity (Wildman–Crippen MR) is 137 cm³/mol. The van der Waals surface area contributed by atoms with Gasteiger partial charge in [0.15, 0.2) is 5.60 Å². The molecule has 1 amide bonds. The van der Waals surface area contributed by atoms with Crippen LogP contribution in [0.15, 0.2) is 65.8 Å². The number of hydrogen-bond acceptors (Lipinski definition) is 4. The molecule has 1 heterocycles. The summed E-state index contributed by atoms with van der Waals surface area (Å²) in [4.78, 5) is 18.1. The maximum Gasteiger partial charge on any atom is 0.261 e. The Morgan fingerprint density at radius 1 is 1.11 bits per heavy atom. The smallest absolute Gasteiger partial charge is 0.261 e. The van der Waals surface area contributed by atoms with Crippen LogP contribution < -0.4 is 5.32 Å². The van der Waals surface area contributed by atoms with Crippen LogP contribution in [-0.2, 0) is 4.84 Å². The van der Waals surface area contributed by atoms with Crippen molar-refractivity contribution in [2.24, 2.45) is 11.1 Å². The third-order valence-electron chi connectivity index (χ3n) is 6.91. The molecule has 1 aliphatic heterocycles. The number of nitrogens with zero attached hydrogens (tertiary/aromatic N) is 1. The monoisotopic (exact) mass is 492 g/mol. The highest BCUT2D eigenvalue weighted by molar-refractivity contribution is 6.05. The number of aryl methyl sites for hydroxylation is 1. The zero-order valence-electron chi connectivity index (χ0n) is 20.8. The number of benzene rings is 3. The fourth-order valence-electron chi connectivity index (χ4n) is 4.45. The average Bonchev–Trinajstić information content (AvgIpc) is 3.27. The molecule has 3 unspecified atom stereocenters. The second kappa shape index (κ2) is 10.2. The van der Waals surface area contributed by atoms with Crippen molar-refractivity contribution in [3.8, 4) is 11.1 Å². The van der Waals surface area contributed by atoms with E-state index in [1.807, 2.05) is 58.0 Å². The summed E-state index contributed by atoms with van der Waals surface area (Å²) in [5.41, 5.74) is 3.65. The topological polar surface area (TPSA) is 70.9 Å². The van der Waals surface area contributed by atoms with Gasteiger partial charge in [-0.1, -0.05) is 55.8 Å². The summed E-state index contributed by atoms with van der Waals surface area (Å²) < 4.78 is 27.8. The Labute approximate surface area is 209 Å². The summed E-state index contributed by atoms with van der Waals surface area (Å²) in [5.74, 6) is -2.59. The van der Waals surface area contributed by atoms with Gasteiger partial charge in [0, 0.05) is 17.7 Å². The molecule has 2 N–H and O–H groups in total. The van der Waals surface area contributed by atoms with Crippen LogP contribution >= 0.6 is 0 Å². The van der Waals surface area contributed by atoms with E-state index in [4.69, 9.17) is 4.84 Å². The molecule has 0 saturated heterocycles. The van der Waals surface area contributed by atoms with E-state index in [1.54, 1.807) is 12.1 Å². The Balaban J connectivity index is 1.52. The van der Waals surface area contributed by atoms with E-state index in [-0.39, 0.29) is 5.92 Å². The summed E-state index contributed by atoms with van der Waals surface area (Å²) in [6.45, 7) is 7.92. The van der Waals surface area contributed by atoms with Crippen molar-refractivity contribution < 1.29 is 23.5 Å². The van der Waals surface area contributed by atoms with Gasteiger partial charge in [-0.3, -0.25) is 4.79 Å². The number of carbonyl (C=O) groups is 1. The Morgan fingerprint density at radius 2 is 1.75 bits per heavy atom. The molecule has 3 aromatic rings. The number of rotatable bonds is 7. The van der Waals surface area contributed by atoms with E-state index < -0.39 is 34.8 Å². The van der Waals surface area contributed by atoms with Crippen LogP contribution in [0, 0.1) is 24.5 Å². The lowest BCUT2D eigenvalue weighted by atomic mass is 9.83. The van der Waals surface area contributed by atoms with E-state index in [1.165, 1.54) is 6.07 Å². The molecular formula is C29H30F2N2O3. The second-order valence-corrected chi connectivity index (χ2v) is 9.61. The fraction of sp³-hybridized carbons (Fsp3) is 0.310. The molecule has 0 bridgehead atoms. The van der Waals surface area contributed by atoms with Gasteiger partial charge < -0.3 is 15.3 Å². The van der Waals surface area contributed by atoms with E-state index in [2.05, 4.69) is 10.5 Å². The van der Waals surface area contributed by atoms with Crippen molar-refractivity contribution in [3.05, 3.63) is 89.0 Å². The predicted octanol–water partition coefficient (Wildman–Crippen LogP) is 6.48. The first-order valence-corrected chi connectivity index (χ1v) is 12.0. The number of anilines is 1. The van der Waals surface area contributed by atoms with E-state index in [9.17, 15) is 18.7 Å². The lowest BCUT2D eigenvalue weighted by Crippen LogP contribution is -2.43. The standard InChI is InChI=1S/C29H30F2N2O3/c1-5-17(2)27(34)29(4)16-25(33-36-29)20-10-9-18(3)22(15-20)19-11-13-21(14-12-19)32-28(35)26-23(30)7-6-8-24(26)31/h6-15,17,27,34H,5,16H2,1-4H3,(H,32,35). The lowest BCUT2D eigenvalue weighted by molar-refractivity contribution is -0.112. The van der Waals surface area contributed by atoms with Gasteiger partial charge in [0.2, 0.25) is 0 Å². The highest BCUT2D eigenvalue weighted by Crippen LogP contribution is 2.35. The van der Waals surface area contributed by atoms with Gasteiger partial charge in [-0.25, -0.2) is 8.78 Å². The highest BCUT2D eigenvalue weighted by Gasteiger charge is 2.43. The molecule has 0 aliphatic carbocycles. The van der Waals surface area contributed by atoms with Crippen molar-refractivity contribution in [2.75, 3.05) is 5.32 Å². The van der Waals surface area contributed by atoms with Gasteiger partial charge >= 0.3 is 0 Å². The molecule has 0 saturated carbocycles. The first kappa shape index (κ1) is 25.5. The van der Waals surface area contributed by atoms with Crippen molar-refractivity contribution in [1.82, 2.24) is 0 Å². The van der Waals surface area contributed by atoms with Gasteiger partial charge in [-0.2, -0.15) is 0 Å². The summed E-state index contributed by atoms with van der Waals surface area (Å²) in [7, 11) is 0. The van der Waals surface area contributed by atoms with Crippen LogP contribution in [0.25, 0.3) is 11.1 Å². The van der Waals surface area contributed by atoms with Crippen molar-refractivity contribution in [2.45, 2.75) is 52.2 Å². The van der Waals surface area contributed by atoms with Crippen LogP contribution in [0.2, 0.25) is 0 Å². The number of amides is 1. The largest absolute Gasteiger partial charge is 0.389 e. The molecule has 0 aromatic heterocycles. The van der Waals surface area contributed by atoms with Gasteiger partial charge in [0.1, 0.15) is 17.2 Å². The van der Waals surface area contributed by atoms with Crippen LogP contribution in [0.5, 0.6) is 0 Å². The number of carbonyl (C=O) groups excluding carboxylic acids is 1. The molecule has 3 aromatic carbocycles. The SMILES string of the molecule is CCC(C)C(O)C1(C)CC(c2ccc(C)c(-c3ccc(NC(=O)c4c(F)cccc4F)cc3)c2)=NO1. The molecule has 4 rings (SSSR count). The lowest BCUT2D eigenvalue weighted by Gasteiger charge is -2.31. The molecule has 188 valence electrons. The number of oxime groups is 1. The first-order chi connectivity index (χ1) is 17.1. The van der Waals surface area contributed by atoms with Crippen molar-refractivity contribution in [3.63, 3.8) is 0 Å². The molecule has 0 spiro atoms. The van der Waals surface area contributed by atoms with Gasteiger partial charge in [0.25, 0.3) is 5.91 Å². The zero-order chi connectivity index (χ0) is 26.0. The minimum Gasteiger partial charge on any atom is -0.389 e. The quantitative estimate of drug-likeness (QED) is 0.396. The van der Waals surface area contributed by atoms with Gasteiger partial charge in [-0.05, 0) is 66.8 Å². The van der Waals surface area contributed by atoms with Crippen LogP contribution in [0.3, 0.4) is 0 Å². The van der Waals surface area contributed by atoms with Crippen molar-refractivity contribution >= 4 is 17.3 Å². The molecule has 1 aliphatic rings. The molecule has 0 fully saturated rings. The number of aliphatic hydroxyl groups excluding tert-OH is 1. The van der Waals surface area contributed by atoms with Crippen LogP contribution in [-0.4, -0.2) is 28.4 Å². The number of halogens is 2. The summed E-state index contributed by atoms with van der Waals surface area (Å²) >= 11 is 0. The number of hydrogen-bond donors (Lipinski definition) is 2. The van der Waals surface area contributed by atoms with E-state index in [0.29, 0.717) is 12.1 Å². The van der Waals surface area contributed by atoms with Crippen LogP contribution in [0.4, 0.5) is 14.5 Å². The first-order valence-electron chi connectivity index (χ1n) is 12.0. The minimum atomic E-state index is -0.914. The van der Waals surface area contributed by atoms with Crippen LogP contribution in [0.1, 0.15) is 55.1 Å². The van der Waals surface area contributed by atoms with E-state index >= 15 is 0 Å². The Hall–Kier alpha value is -3.58. The number of aliphatic hydroxyl groups is 1. The number of nitrogens with one attached hydrogen (secondary N) is 1. The maximum atomic E-state index is 13.9. The molecular weight excluding hydrogens is 462 g/mol. The Kier molecular flexibility index (Phi) is 7.22. The summed E-state index contributed by atoms with van der Waals surface area (Å²) in [5, 5.41) is 17.6. The molecule has 36 heavy (non-hydrogen) atoms. The normalized spacial score (nSPS) is 18.8. The van der Waals surface area contributed by atoms with Gasteiger partial charge in [-0.15, -0.1) is 0 Å². The molecule has 5 nitrogen and oxygen atoms in total. The van der Waals surface area contributed by atoms with E-state index in [0.717, 1.165) is 46.5 Å². The molecule has 7 heteroatoms. The Morgan fingerprint density at radius 3 is 2.39 bits per heavy atom. The third-order valence-corrected chi connectivity index (χ3v) is 6.91. The average molecular weight is 493 g/mol. The highest BCUT2D eigenvalue weighted by atomic mass is 19.1. The fourth-order valence-corrected chi connectivity index (χ4v) is 4.45. The summed E-state index contributed by atoms with van der Waals surface area (Å²) in [6, 6.07) is 16.4. The molecule has 3 atom stereocenters. The molecule has 0 radical (unpaired) electrons. The second-order valence-electron chi connectivity index (χ2n) is 9.61. The summed E-state index contributed by atoms with van der Waals surface area (Å²) in [6.07, 6.45) is 0.711.